The minimum Gasteiger partial charge on any atom is -0.415 e. The average molecular weight is 510 g/mol. The number of halogens is 1. The molecule has 0 saturated carbocycles. The Kier molecular flexibility index (Phi) is 8.47. The van der Waals surface area contributed by atoms with Crippen molar-refractivity contribution in [2.75, 3.05) is 25.0 Å². The molecule has 0 aliphatic carbocycles. The highest BCUT2D eigenvalue weighted by Crippen LogP contribution is 2.36. The van der Waals surface area contributed by atoms with Crippen molar-refractivity contribution in [3.05, 3.63) is 52.4 Å². The van der Waals surface area contributed by atoms with Crippen LogP contribution in [0.1, 0.15) is 26.3 Å². The third-order valence-corrected chi connectivity index (χ3v) is 11.4. The van der Waals surface area contributed by atoms with E-state index in [2.05, 4.69) is 50.0 Å². The van der Waals surface area contributed by atoms with Crippen molar-refractivity contribution in [3.63, 3.8) is 0 Å². The first-order chi connectivity index (χ1) is 15.5. The van der Waals surface area contributed by atoms with E-state index in [4.69, 9.17) is 25.6 Å². The summed E-state index contributed by atoms with van der Waals surface area (Å²) in [5.74, 6) is 0. The minimum absolute atomic E-state index is 0.213. The summed E-state index contributed by atoms with van der Waals surface area (Å²) in [6.45, 7) is 13.0. The summed E-state index contributed by atoms with van der Waals surface area (Å²) in [6, 6.07) is 11.4. The van der Waals surface area contributed by atoms with E-state index >= 15 is 0 Å². The van der Waals surface area contributed by atoms with Crippen molar-refractivity contribution >= 4 is 48.7 Å². The van der Waals surface area contributed by atoms with Gasteiger partial charge in [0.2, 0.25) is 0 Å². The molecule has 1 aromatic heterocycles. The smallest absolute Gasteiger partial charge is 0.413 e. The summed E-state index contributed by atoms with van der Waals surface area (Å²) >= 11 is 7.03. The maximum absolute atomic E-state index is 11.9. The molecule has 7 nitrogen and oxygen atoms in total. The van der Waals surface area contributed by atoms with Crippen LogP contribution < -0.4 is 20.9 Å². The molecule has 33 heavy (non-hydrogen) atoms. The maximum atomic E-state index is 11.9. The van der Waals surface area contributed by atoms with Gasteiger partial charge in [0.15, 0.2) is 13.4 Å². The van der Waals surface area contributed by atoms with Crippen molar-refractivity contribution in [1.82, 2.24) is 10.8 Å². The number of thiophene rings is 1. The molecule has 0 bridgehead atoms. The van der Waals surface area contributed by atoms with Crippen LogP contribution in [0.5, 0.6) is 5.06 Å². The normalized spacial score (nSPS) is 16.2. The Bertz CT molecular complexity index is 973. The van der Waals surface area contributed by atoms with Gasteiger partial charge in [0.25, 0.3) is 0 Å². The Morgan fingerprint density at radius 2 is 1.94 bits per heavy atom. The summed E-state index contributed by atoms with van der Waals surface area (Å²) in [7, 11) is -1.72. The fraction of sp³-hybridized carbons (Fsp3) is 0.435. The Hall–Kier alpha value is -2.04. The summed E-state index contributed by atoms with van der Waals surface area (Å²) in [5, 5.41) is 6.75. The molecule has 2 aromatic rings. The van der Waals surface area contributed by atoms with Crippen LogP contribution in [-0.4, -0.2) is 40.2 Å². The highest BCUT2D eigenvalue weighted by Gasteiger charge is 2.36. The van der Waals surface area contributed by atoms with Crippen LogP contribution >= 0.6 is 22.9 Å². The molecule has 0 radical (unpaired) electrons. The fourth-order valence-corrected chi connectivity index (χ4v) is 4.72. The van der Waals surface area contributed by atoms with Gasteiger partial charge in [0, 0.05) is 12.2 Å². The second-order valence-corrected chi connectivity index (χ2v) is 15.8. The van der Waals surface area contributed by atoms with Crippen LogP contribution in [0.15, 0.2) is 42.5 Å². The van der Waals surface area contributed by atoms with Gasteiger partial charge >= 0.3 is 6.09 Å². The Balaban J connectivity index is 1.42. The van der Waals surface area contributed by atoms with Crippen LogP contribution in [0.25, 0.3) is 5.70 Å². The van der Waals surface area contributed by atoms with Gasteiger partial charge in [-0.2, -0.15) is 0 Å². The largest absolute Gasteiger partial charge is 0.415 e. The average Bonchev–Trinajstić information content (AvgIpc) is 3.38. The van der Waals surface area contributed by atoms with Gasteiger partial charge in [-0.15, -0.1) is 0 Å². The number of amides is 1. The number of hydrogen-bond acceptors (Lipinski definition) is 7. The van der Waals surface area contributed by atoms with Crippen molar-refractivity contribution in [2.24, 2.45) is 0 Å². The molecule has 1 amide bonds. The lowest BCUT2D eigenvalue weighted by Gasteiger charge is -2.36. The Morgan fingerprint density at radius 1 is 1.21 bits per heavy atom. The standard InChI is InChI=1S/C23H32ClN3O4SSi/c1-23(2,3)33(4,5)29-13-12-25-17-8-6-16(7-9-17)19-14-18(31-27-19)15-26-22(28)30-21-11-10-20(24)32-21/h6-11,14,18,25,27H,12-13,15H2,1-5H3,(H,26,28). The van der Waals surface area contributed by atoms with E-state index in [0.29, 0.717) is 16.0 Å². The maximum Gasteiger partial charge on any atom is 0.413 e. The predicted octanol–water partition coefficient (Wildman–Crippen LogP) is 5.87. The number of carbonyl (C=O) groups is 1. The second-order valence-electron chi connectivity index (χ2n) is 9.28. The lowest BCUT2D eigenvalue weighted by Crippen LogP contribution is -2.41. The number of benzene rings is 1. The van der Waals surface area contributed by atoms with Gasteiger partial charge in [-0.3, -0.25) is 10.3 Å². The third-order valence-electron chi connectivity index (χ3n) is 5.76. The molecule has 3 N–H and O–H groups in total. The first-order valence-electron chi connectivity index (χ1n) is 10.9. The number of hydroxylamine groups is 1. The summed E-state index contributed by atoms with van der Waals surface area (Å²) < 4.78 is 11.9. The number of nitrogens with one attached hydrogen (secondary N) is 3. The number of anilines is 1. The van der Waals surface area contributed by atoms with Gasteiger partial charge in [-0.25, -0.2) is 4.79 Å². The van der Waals surface area contributed by atoms with E-state index in [1.165, 1.54) is 11.3 Å². The van der Waals surface area contributed by atoms with E-state index in [-0.39, 0.29) is 17.7 Å². The third kappa shape index (κ3) is 7.48. The molecule has 1 atom stereocenters. The molecular weight excluding hydrogens is 478 g/mol. The molecule has 1 aliphatic heterocycles. The molecule has 10 heteroatoms. The minimum atomic E-state index is -1.72. The number of ether oxygens (including phenoxy) is 1. The van der Waals surface area contributed by atoms with Crippen molar-refractivity contribution in [3.8, 4) is 5.06 Å². The monoisotopic (exact) mass is 509 g/mol. The van der Waals surface area contributed by atoms with Crippen molar-refractivity contribution < 1.29 is 18.8 Å². The zero-order valence-electron chi connectivity index (χ0n) is 19.7. The van der Waals surface area contributed by atoms with Gasteiger partial charge in [-0.05, 0) is 54.0 Å². The van der Waals surface area contributed by atoms with Gasteiger partial charge < -0.3 is 19.8 Å². The number of hydrogen-bond donors (Lipinski definition) is 3. The van der Waals surface area contributed by atoms with E-state index in [1.807, 2.05) is 30.3 Å². The molecular formula is C23H32ClN3O4SSi. The van der Waals surface area contributed by atoms with Crippen molar-refractivity contribution in [1.29, 1.82) is 0 Å². The van der Waals surface area contributed by atoms with E-state index < -0.39 is 14.4 Å². The first-order valence-corrected chi connectivity index (χ1v) is 15.0. The Labute approximate surface area is 205 Å². The summed E-state index contributed by atoms with van der Waals surface area (Å²) in [6.07, 6.45) is 1.08. The molecule has 1 aliphatic rings. The highest BCUT2D eigenvalue weighted by atomic mass is 35.5. The molecule has 0 saturated heterocycles. The van der Waals surface area contributed by atoms with Gasteiger partial charge in [-0.1, -0.05) is 55.8 Å². The van der Waals surface area contributed by atoms with Gasteiger partial charge in [0.05, 0.1) is 23.2 Å². The van der Waals surface area contributed by atoms with Crippen molar-refractivity contribution in [2.45, 2.75) is 45.0 Å². The zero-order chi connectivity index (χ0) is 24.1. The second kappa shape index (κ2) is 10.9. The van der Waals surface area contributed by atoms with E-state index in [0.717, 1.165) is 23.5 Å². The fourth-order valence-electron chi connectivity index (χ4n) is 2.80. The lowest BCUT2D eigenvalue weighted by atomic mass is 10.1. The van der Waals surface area contributed by atoms with E-state index in [9.17, 15) is 4.79 Å². The number of carbonyl (C=O) groups excluding carboxylic acids is 1. The molecule has 180 valence electrons. The van der Waals surface area contributed by atoms with E-state index in [1.54, 1.807) is 12.1 Å². The molecule has 1 aromatic carbocycles. The molecule has 0 fully saturated rings. The summed E-state index contributed by atoms with van der Waals surface area (Å²) in [4.78, 5) is 17.4. The quantitative estimate of drug-likeness (QED) is 0.290. The zero-order valence-corrected chi connectivity index (χ0v) is 22.2. The summed E-state index contributed by atoms with van der Waals surface area (Å²) in [5.41, 5.74) is 5.81. The first kappa shape index (κ1) is 25.6. The number of rotatable bonds is 9. The molecule has 2 heterocycles. The van der Waals surface area contributed by atoms with Crippen LogP contribution in [-0.2, 0) is 9.26 Å². The molecule has 3 rings (SSSR count). The van der Waals surface area contributed by atoms with Crippen LogP contribution in [0, 0.1) is 0 Å². The molecule has 1 unspecified atom stereocenters. The van der Waals surface area contributed by atoms with Crippen LogP contribution in [0.3, 0.4) is 0 Å². The Morgan fingerprint density at radius 3 is 2.58 bits per heavy atom. The van der Waals surface area contributed by atoms with Crippen LogP contribution in [0.2, 0.25) is 22.5 Å². The van der Waals surface area contributed by atoms with Gasteiger partial charge in [0.1, 0.15) is 6.10 Å². The predicted molar refractivity (Wildman–Crippen MR) is 137 cm³/mol. The molecule has 0 spiro atoms. The SMILES string of the molecule is CC(C)(C)[Si](C)(C)OCCNc1ccc(C2=CC(CNC(=O)Oc3ccc(Cl)s3)ON2)cc1. The highest BCUT2D eigenvalue weighted by molar-refractivity contribution is 7.17. The van der Waals surface area contributed by atoms with Crippen LogP contribution in [0.4, 0.5) is 10.5 Å². The topological polar surface area (TPSA) is 80.9 Å². The lowest BCUT2D eigenvalue weighted by molar-refractivity contribution is 0.0520.